The predicted molar refractivity (Wildman–Crippen MR) is 108 cm³/mol. The number of aromatic nitrogens is 3. The van der Waals surface area contributed by atoms with Gasteiger partial charge in [0.2, 0.25) is 0 Å². The van der Waals surface area contributed by atoms with Crippen LogP contribution in [0.15, 0.2) is 67.0 Å². The third-order valence-corrected chi connectivity index (χ3v) is 4.60. The summed E-state index contributed by atoms with van der Waals surface area (Å²) in [5.74, 6) is -0.126. The van der Waals surface area contributed by atoms with Gasteiger partial charge < -0.3 is 9.72 Å². The minimum absolute atomic E-state index is 0.126. The lowest BCUT2D eigenvalue weighted by Crippen LogP contribution is -2.11. The fourth-order valence-electron chi connectivity index (χ4n) is 3.22. The Morgan fingerprint density at radius 3 is 2.63 bits per heavy atom. The molecule has 27 heavy (non-hydrogen) atoms. The van der Waals surface area contributed by atoms with Crippen molar-refractivity contribution in [2.75, 3.05) is 5.32 Å². The Balaban J connectivity index is 1.76. The number of benzene rings is 1. The summed E-state index contributed by atoms with van der Waals surface area (Å²) < 4.78 is 3.93. The summed E-state index contributed by atoms with van der Waals surface area (Å²) in [7, 11) is 0. The van der Waals surface area contributed by atoms with E-state index in [2.05, 4.69) is 24.3 Å². The average molecular weight is 358 g/mol. The lowest BCUT2D eigenvalue weighted by molar-refractivity contribution is 0.102. The average Bonchev–Trinajstić information content (AvgIpc) is 3.26. The standard InChI is InChI=1S/C22H22N4O/c1-15(2)26-12-10-19(24-26)21-14-18(20-9-4-5-11-25(20)21)22(27)23-17-8-6-7-16(3)13-17/h4-15H,1-3H3,(H,23,27). The van der Waals surface area contributed by atoms with Crippen LogP contribution in [0, 0.1) is 6.92 Å². The number of amides is 1. The van der Waals surface area contributed by atoms with Crippen molar-refractivity contribution in [1.29, 1.82) is 0 Å². The highest BCUT2D eigenvalue weighted by Gasteiger charge is 2.18. The van der Waals surface area contributed by atoms with Crippen LogP contribution in [0.1, 0.15) is 35.8 Å². The van der Waals surface area contributed by atoms with Crippen molar-refractivity contribution < 1.29 is 4.79 Å². The Morgan fingerprint density at radius 1 is 1.04 bits per heavy atom. The van der Waals surface area contributed by atoms with Gasteiger partial charge >= 0.3 is 0 Å². The summed E-state index contributed by atoms with van der Waals surface area (Å²) in [5, 5.41) is 7.66. The Labute approximate surface area is 158 Å². The Hall–Kier alpha value is -3.34. The van der Waals surface area contributed by atoms with E-state index in [4.69, 9.17) is 0 Å². The maximum absolute atomic E-state index is 12.9. The first kappa shape index (κ1) is 17.1. The van der Waals surface area contributed by atoms with Gasteiger partial charge in [-0.15, -0.1) is 0 Å². The number of nitrogens with one attached hydrogen (secondary N) is 1. The van der Waals surface area contributed by atoms with E-state index in [1.165, 1.54) is 0 Å². The topological polar surface area (TPSA) is 51.3 Å². The van der Waals surface area contributed by atoms with E-state index in [1.807, 2.05) is 83.0 Å². The van der Waals surface area contributed by atoms with Crippen LogP contribution in [0.5, 0.6) is 0 Å². The van der Waals surface area contributed by atoms with E-state index in [0.717, 1.165) is 28.2 Å². The Bertz CT molecular complexity index is 1120. The van der Waals surface area contributed by atoms with Gasteiger partial charge in [0, 0.05) is 24.1 Å². The van der Waals surface area contributed by atoms with Gasteiger partial charge in [-0.25, -0.2) is 0 Å². The van der Waals surface area contributed by atoms with E-state index < -0.39 is 0 Å². The van der Waals surface area contributed by atoms with Crippen LogP contribution < -0.4 is 5.32 Å². The number of carbonyl (C=O) groups excluding carboxylic acids is 1. The number of hydrogen-bond donors (Lipinski definition) is 1. The molecule has 0 saturated heterocycles. The highest BCUT2D eigenvalue weighted by atomic mass is 16.1. The van der Waals surface area contributed by atoms with Gasteiger partial charge in [-0.1, -0.05) is 18.2 Å². The minimum atomic E-state index is -0.126. The highest BCUT2D eigenvalue weighted by molar-refractivity contribution is 6.10. The van der Waals surface area contributed by atoms with Crippen molar-refractivity contribution in [2.45, 2.75) is 26.8 Å². The van der Waals surface area contributed by atoms with Crippen LogP contribution >= 0.6 is 0 Å². The van der Waals surface area contributed by atoms with Crippen molar-refractivity contribution in [2.24, 2.45) is 0 Å². The molecule has 0 fully saturated rings. The van der Waals surface area contributed by atoms with Crippen LogP contribution in [-0.2, 0) is 0 Å². The number of fused-ring (bicyclic) bond motifs is 1. The number of pyridine rings is 1. The van der Waals surface area contributed by atoms with E-state index in [0.29, 0.717) is 5.56 Å². The van der Waals surface area contributed by atoms with Crippen molar-refractivity contribution in [3.63, 3.8) is 0 Å². The quantitative estimate of drug-likeness (QED) is 0.561. The summed E-state index contributed by atoms with van der Waals surface area (Å²) in [6.45, 7) is 6.19. The fraction of sp³-hybridized carbons (Fsp3) is 0.182. The van der Waals surface area contributed by atoms with E-state index in [1.54, 1.807) is 0 Å². The van der Waals surface area contributed by atoms with Crippen molar-refractivity contribution in [3.05, 3.63) is 78.1 Å². The van der Waals surface area contributed by atoms with Gasteiger partial charge in [0.05, 0.1) is 16.8 Å². The number of aryl methyl sites for hydroxylation is 1. The summed E-state index contributed by atoms with van der Waals surface area (Å²) in [4.78, 5) is 12.9. The second-order valence-electron chi connectivity index (χ2n) is 7.00. The largest absolute Gasteiger partial charge is 0.322 e. The van der Waals surface area contributed by atoms with E-state index >= 15 is 0 Å². The lowest BCUT2D eigenvalue weighted by Gasteiger charge is -2.05. The predicted octanol–water partition coefficient (Wildman–Crippen LogP) is 4.94. The summed E-state index contributed by atoms with van der Waals surface area (Å²) >= 11 is 0. The molecule has 136 valence electrons. The molecule has 0 radical (unpaired) electrons. The normalized spacial score (nSPS) is 11.3. The van der Waals surface area contributed by atoms with Crippen molar-refractivity contribution in [1.82, 2.24) is 14.2 Å². The van der Waals surface area contributed by atoms with Crippen LogP contribution in [0.3, 0.4) is 0 Å². The molecule has 0 aliphatic rings. The number of rotatable bonds is 4. The first-order valence-corrected chi connectivity index (χ1v) is 9.06. The molecular formula is C22H22N4O. The molecule has 1 N–H and O–H groups in total. The maximum atomic E-state index is 12.9. The number of hydrogen-bond acceptors (Lipinski definition) is 2. The van der Waals surface area contributed by atoms with Gasteiger partial charge in [0.15, 0.2) is 0 Å². The third-order valence-electron chi connectivity index (χ3n) is 4.60. The van der Waals surface area contributed by atoms with Crippen LogP contribution in [0.2, 0.25) is 0 Å². The van der Waals surface area contributed by atoms with Crippen molar-refractivity contribution >= 4 is 17.1 Å². The molecule has 0 unspecified atom stereocenters. The van der Waals surface area contributed by atoms with Gasteiger partial charge in [-0.2, -0.15) is 5.10 Å². The SMILES string of the molecule is Cc1cccc(NC(=O)c2cc(-c3ccn(C(C)C)n3)n3ccccc23)c1. The molecule has 3 heterocycles. The first-order chi connectivity index (χ1) is 13.0. The molecule has 0 atom stereocenters. The summed E-state index contributed by atoms with van der Waals surface area (Å²) in [6, 6.07) is 17.8. The van der Waals surface area contributed by atoms with Gasteiger partial charge in [0.1, 0.15) is 5.69 Å². The number of nitrogens with zero attached hydrogens (tertiary/aromatic N) is 3. The fourth-order valence-corrected chi connectivity index (χ4v) is 3.22. The molecular weight excluding hydrogens is 336 g/mol. The van der Waals surface area contributed by atoms with E-state index in [9.17, 15) is 4.79 Å². The molecule has 3 aromatic heterocycles. The molecule has 0 aliphatic carbocycles. The maximum Gasteiger partial charge on any atom is 0.257 e. The number of carbonyl (C=O) groups is 1. The molecule has 5 nitrogen and oxygen atoms in total. The summed E-state index contributed by atoms with van der Waals surface area (Å²) in [5.41, 5.74) is 5.14. The third kappa shape index (κ3) is 3.24. The van der Waals surface area contributed by atoms with Crippen LogP contribution in [0.25, 0.3) is 16.9 Å². The molecule has 4 rings (SSSR count). The molecule has 0 spiro atoms. The number of anilines is 1. The van der Waals surface area contributed by atoms with Crippen molar-refractivity contribution in [3.8, 4) is 11.4 Å². The smallest absolute Gasteiger partial charge is 0.257 e. The molecule has 0 aliphatic heterocycles. The minimum Gasteiger partial charge on any atom is -0.322 e. The van der Waals surface area contributed by atoms with E-state index in [-0.39, 0.29) is 11.9 Å². The van der Waals surface area contributed by atoms with Gasteiger partial charge in [-0.3, -0.25) is 9.48 Å². The second-order valence-corrected chi connectivity index (χ2v) is 7.00. The highest BCUT2D eigenvalue weighted by Crippen LogP contribution is 2.26. The lowest BCUT2D eigenvalue weighted by atomic mass is 10.2. The van der Waals surface area contributed by atoms with Gasteiger partial charge in [-0.05, 0) is 62.7 Å². The zero-order valence-corrected chi connectivity index (χ0v) is 15.7. The zero-order valence-electron chi connectivity index (χ0n) is 15.7. The molecule has 4 aromatic rings. The molecule has 0 bridgehead atoms. The Morgan fingerprint density at radius 2 is 1.89 bits per heavy atom. The molecule has 0 saturated carbocycles. The molecule has 1 aromatic carbocycles. The first-order valence-electron chi connectivity index (χ1n) is 9.06. The zero-order chi connectivity index (χ0) is 19.0. The van der Waals surface area contributed by atoms with Crippen LogP contribution in [-0.4, -0.2) is 20.1 Å². The van der Waals surface area contributed by atoms with Gasteiger partial charge in [0.25, 0.3) is 5.91 Å². The molecule has 5 heteroatoms. The molecule has 1 amide bonds. The Kier molecular flexibility index (Phi) is 4.28. The monoisotopic (exact) mass is 358 g/mol. The van der Waals surface area contributed by atoms with Crippen LogP contribution in [0.4, 0.5) is 5.69 Å². The summed E-state index contributed by atoms with van der Waals surface area (Å²) in [6.07, 6.45) is 3.93. The second kappa shape index (κ2) is 6.76.